The van der Waals surface area contributed by atoms with Crippen molar-refractivity contribution in [1.82, 2.24) is 0 Å². The van der Waals surface area contributed by atoms with Crippen LogP contribution in [0, 0.1) is 0 Å². The first-order chi connectivity index (χ1) is 7.79. The number of aryl methyl sites for hydroxylation is 1. The number of nitrogen functional groups attached to an aromatic ring is 1. The van der Waals surface area contributed by atoms with Crippen LogP contribution in [0.1, 0.15) is 18.9 Å². The topological polar surface area (TPSA) is 41.6 Å². The molecule has 84 valence electrons. The summed E-state index contributed by atoms with van der Waals surface area (Å²) in [6.07, 6.45) is 2.13. The minimum absolute atomic E-state index is 0.911. The minimum Gasteiger partial charge on any atom is -0.398 e. The Morgan fingerprint density at radius 3 is 3.19 bits per heavy atom. The molecule has 2 aliphatic heterocycles. The summed E-state index contributed by atoms with van der Waals surface area (Å²) in [4.78, 5) is 8.16. The molecule has 2 heterocycles. The van der Waals surface area contributed by atoms with Crippen molar-refractivity contribution in [1.29, 1.82) is 0 Å². The first-order valence-electron chi connectivity index (χ1n) is 5.72. The monoisotopic (exact) mass is 233 g/mol. The molecule has 1 aromatic rings. The predicted octanol–water partition coefficient (Wildman–Crippen LogP) is 2.50. The summed E-state index contributed by atoms with van der Waals surface area (Å²) in [6.45, 7) is 4.18. The molecule has 0 radical (unpaired) electrons. The number of anilines is 2. The molecule has 3 rings (SSSR count). The Bertz CT molecular complexity index is 468. The molecule has 0 unspecified atom stereocenters. The van der Waals surface area contributed by atoms with Crippen LogP contribution in [0.5, 0.6) is 0 Å². The number of nitrogens with zero attached hydrogens (tertiary/aromatic N) is 2. The van der Waals surface area contributed by atoms with E-state index in [0.717, 1.165) is 36.8 Å². The average Bonchev–Trinajstić information content (AvgIpc) is 2.66. The van der Waals surface area contributed by atoms with Crippen molar-refractivity contribution in [3.05, 3.63) is 17.7 Å². The van der Waals surface area contributed by atoms with Crippen molar-refractivity contribution < 1.29 is 0 Å². The van der Waals surface area contributed by atoms with Gasteiger partial charge in [0.2, 0.25) is 0 Å². The molecule has 0 saturated carbocycles. The first-order valence-corrected chi connectivity index (χ1v) is 6.53. The van der Waals surface area contributed by atoms with Gasteiger partial charge in [-0.25, -0.2) is 0 Å². The zero-order valence-corrected chi connectivity index (χ0v) is 10.2. The van der Waals surface area contributed by atoms with E-state index < -0.39 is 0 Å². The van der Waals surface area contributed by atoms with Crippen LogP contribution in [0.2, 0.25) is 0 Å². The van der Waals surface area contributed by atoms with Crippen LogP contribution in [0.3, 0.4) is 0 Å². The number of benzene rings is 1. The van der Waals surface area contributed by atoms with Gasteiger partial charge in [-0.15, -0.1) is 0 Å². The third-order valence-electron chi connectivity index (χ3n) is 3.11. The standard InChI is InChI=1S/C12H15N3S/c1-2-8-6-11-10(7-9(8)13)15-5-3-4-14-12(15)16-11/h6-7H,2-5,13H2,1H3. The molecule has 2 N–H and O–H groups in total. The van der Waals surface area contributed by atoms with Crippen LogP contribution in [0.25, 0.3) is 0 Å². The zero-order chi connectivity index (χ0) is 11.1. The molecular formula is C12H15N3S. The molecule has 2 aliphatic rings. The van der Waals surface area contributed by atoms with Crippen molar-refractivity contribution in [2.24, 2.45) is 4.99 Å². The van der Waals surface area contributed by atoms with Crippen molar-refractivity contribution >= 4 is 28.3 Å². The summed E-state index contributed by atoms with van der Waals surface area (Å²) in [6, 6.07) is 4.32. The molecule has 0 aliphatic carbocycles. The maximum absolute atomic E-state index is 6.05. The van der Waals surface area contributed by atoms with E-state index in [0.29, 0.717) is 0 Å². The lowest BCUT2D eigenvalue weighted by Crippen LogP contribution is -2.30. The number of hydrogen-bond acceptors (Lipinski definition) is 4. The zero-order valence-electron chi connectivity index (χ0n) is 9.36. The second-order valence-electron chi connectivity index (χ2n) is 4.14. The van der Waals surface area contributed by atoms with E-state index in [4.69, 9.17) is 5.73 Å². The lowest BCUT2D eigenvalue weighted by atomic mass is 10.1. The van der Waals surface area contributed by atoms with Gasteiger partial charge in [0.25, 0.3) is 0 Å². The molecule has 16 heavy (non-hydrogen) atoms. The van der Waals surface area contributed by atoms with Crippen LogP contribution in [-0.4, -0.2) is 18.3 Å². The van der Waals surface area contributed by atoms with Crippen molar-refractivity contribution in [3.8, 4) is 0 Å². The normalized spacial score (nSPS) is 18.1. The molecule has 1 aromatic carbocycles. The van der Waals surface area contributed by atoms with Crippen LogP contribution in [-0.2, 0) is 6.42 Å². The summed E-state index contributed by atoms with van der Waals surface area (Å²) in [7, 11) is 0. The highest BCUT2D eigenvalue weighted by atomic mass is 32.2. The smallest absolute Gasteiger partial charge is 0.168 e. The molecule has 0 fully saturated rings. The van der Waals surface area contributed by atoms with E-state index in [2.05, 4.69) is 28.9 Å². The SMILES string of the molecule is CCc1cc2c(cc1N)N1CCCN=C1S2. The number of amidine groups is 1. The second kappa shape index (κ2) is 3.70. The van der Waals surface area contributed by atoms with E-state index in [1.807, 2.05) is 0 Å². The largest absolute Gasteiger partial charge is 0.398 e. The third-order valence-corrected chi connectivity index (χ3v) is 4.19. The fourth-order valence-corrected chi connectivity index (χ4v) is 3.35. The van der Waals surface area contributed by atoms with Crippen LogP contribution in [0.4, 0.5) is 11.4 Å². The van der Waals surface area contributed by atoms with E-state index >= 15 is 0 Å². The maximum Gasteiger partial charge on any atom is 0.168 e. The number of aliphatic imine (C=N–C) groups is 1. The maximum atomic E-state index is 6.05. The summed E-state index contributed by atoms with van der Waals surface area (Å²) in [5.74, 6) is 0. The quantitative estimate of drug-likeness (QED) is 0.758. The number of thioether (sulfide) groups is 1. The lowest BCUT2D eigenvalue weighted by Gasteiger charge is -2.22. The van der Waals surface area contributed by atoms with E-state index in [1.54, 1.807) is 11.8 Å². The Morgan fingerprint density at radius 2 is 2.38 bits per heavy atom. The third kappa shape index (κ3) is 1.40. The summed E-state index contributed by atoms with van der Waals surface area (Å²) < 4.78 is 0. The number of fused-ring (bicyclic) bond motifs is 3. The Hall–Kier alpha value is -1.16. The van der Waals surface area contributed by atoms with Crippen LogP contribution in [0.15, 0.2) is 22.0 Å². The van der Waals surface area contributed by atoms with Gasteiger partial charge in [0, 0.05) is 23.7 Å². The summed E-state index contributed by atoms with van der Waals surface area (Å²) in [5.41, 5.74) is 9.45. The van der Waals surface area contributed by atoms with Gasteiger partial charge in [0.05, 0.1) is 5.69 Å². The van der Waals surface area contributed by atoms with Gasteiger partial charge < -0.3 is 10.6 Å². The van der Waals surface area contributed by atoms with Crippen LogP contribution < -0.4 is 10.6 Å². The Morgan fingerprint density at radius 1 is 1.50 bits per heavy atom. The minimum atomic E-state index is 0.911. The van der Waals surface area contributed by atoms with Gasteiger partial charge in [-0.2, -0.15) is 0 Å². The van der Waals surface area contributed by atoms with Gasteiger partial charge in [-0.3, -0.25) is 4.99 Å². The number of hydrogen-bond donors (Lipinski definition) is 1. The molecule has 0 bridgehead atoms. The fourth-order valence-electron chi connectivity index (χ4n) is 2.22. The molecule has 0 spiro atoms. The molecule has 0 saturated heterocycles. The highest BCUT2D eigenvalue weighted by molar-refractivity contribution is 8.14. The Balaban J connectivity index is 2.09. The Labute approximate surface area is 99.7 Å². The van der Waals surface area contributed by atoms with Crippen molar-refractivity contribution in [2.75, 3.05) is 23.7 Å². The molecule has 0 aromatic heterocycles. The number of nitrogens with two attached hydrogens (primary N) is 1. The molecule has 0 atom stereocenters. The predicted molar refractivity (Wildman–Crippen MR) is 70.4 cm³/mol. The van der Waals surface area contributed by atoms with Gasteiger partial charge >= 0.3 is 0 Å². The lowest BCUT2D eigenvalue weighted by molar-refractivity contribution is 0.798. The van der Waals surface area contributed by atoms with Crippen molar-refractivity contribution in [2.45, 2.75) is 24.7 Å². The van der Waals surface area contributed by atoms with E-state index in [1.165, 1.54) is 16.1 Å². The van der Waals surface area contributed by atoms with E-state index in [9.17, 15) is 0 Å². The molecule has 3 nitrogen and oxygen atoms in total. The summed E-state index contributed by atoms with van der Waals surface area (Å²) >= 11 is 1.78. The van der Waals surface area contributed by atoms with Gasteiger partial charge in [0.15, 0.2) is 5.17 Å². The number of rotatable bonds is 1. The van der Waals surface area contributed by atoms with E-state index in [-0.39, 0.29) is 0 Å². The Kier molecular flexibility index (Phi) is 2.32. The average molecular weight is 233 g/mol. The highest BCUT2D eigenvalue weighted by Gasteiger charge is 2.28. The second-order valence-corrected chi connectivity index (χ2v) is 5.15. The molecular weight excluding hydrogens is 218 g/mol. The summed E-state index contributed by atoms with van der Waals surface area (Å²) in [5, 5.41) is 1.15. The highest BCUT2D eigenvalue weighted by Crippen LogP contribution is 2.43. The van der Waals surface area contributed by atoms with Crippen LogP contribution >= 0.6 is 11.8 Å². The van der Waals surface area contributed by atoms with Crippen molar-refractivity contribution in [3.63, 3.8) is 0 Å². The molecule has 4 heteroatoms. The van der Waals surface area contributed by atoms with Gasteiger partial charge in [-0.05, 0) is 42.3 Å². The molecule has 0 amide bonds. The van der Waals surface area contributed by atoms with Gasteiger partial charge in [-0.1, -0.05) is 6.92 Å². The van der Waals surface area contributed by atoms with Gasteiger partial charge in [0.1, 0.15) is 0 Å². The fraction of sp³-hybridized carbons (Fsp3) is 0.417. The first kappa shape index (κ1) is 10.0.